The van der Waals surface area contributed by atoms with E-state index >= 15 is 0 Å². The van der Waals surface area contributed by atoms with Gasteiger partial charge in [-0.2, -0.15) is 13.1 Å². The third kappa shape index (κ3) is 3.58. The molecular formula is C8H12ClN3O2S. The average molecular weight is 250 g/mol. The standard InChI is InChI=1S/C8H12ClN3O2S/c1-2-11-15(13,14)12-8-4-3-6(9)5-7(8)10/h3-5,11-12H,2,10H2,1H3. The van der Waals surface area contributed by atoms with Crippen molar-refractivity contribution < 1.29 is 8.42 Å². The molecule has 7 heteroatoms. The van der Waals surface area contributed by atoms with Gasteiger partial charge in [-0.3, -0.25) is 4.72 Å². The molecule has 0 saturated heterocycles. The van der Waals surface area contributed by atoms with E-state index in [2.05, 4.69) is 9.44 Å². The molecule has 1 aromatic rings. The predicted molar refractivity (Wildman–Crippen MR) is 62.1 cm³/mol. The van der Waals surface area contributed by atoms with Crippen LogP contribution in [0, 0.1) is 0 Å². The fourth-order valence-electron chi connectivity index (χ4n) is 0.997. The summed E-state index contributed by atoms with van der Waals surface area (Å²) in [5, 5.41) is 0.457. The Hall–Kier alpha value is -0.980. The van der Waals surface area contributed by atoms with Crippen LogP contribution in [0.4, 0.5) is 11.4 Å². The second-order valence-corrected chi connectivity index (χ2v) is 4.77. The number of nitrogens with one attached hydrogen (secondary N) is 2. The summed E-state index contributed by atoms with van der Waals surface area (Å²) in [7, 11) is -3.54. The summed E-state index contributed by atoms with van der Waals surface area (Å²) in [5.41, 5.74) is 6.17. The average Bonchev–Trinajstić information content (AvgIpc) is 2.09. The number of anilines is 2. The normalized spacial score (nSPS) is 11.3. The van der Waals surface area contributed by atoms with Crippen LogP contribution in [-0.4, -0.2) is 15.0 Å². The van der Waals surface area contributed by atoms with Crippen LogP contribution in [0.2, 0.25) is 5.02 Å². The summed E-state index contributed by atoms with van der Waals surface area (Å²) in [4.78, 5) is 0. The molecule has 0 aliphatic carbocycles. The van der Waals surface area contributed by atoms with Crippen LogP contribution in [0.3, 0.4) is 0 Å². The molecule has 84 valence electrons. The molecule has 0 aromatic heterocycles. The van der Waals surface area contributed by atoms with Gasteiger partial charge in [-0.05, 0) is 18.2 Å². The third-order valence-electron chi connectivity index (χ3n) is 1.59. The largest absolute Gasteiger partial charge is 0.397 e. The molecular weight excluding hydrogens is 238 g/mol. The van der Waals surface area contributed by atoms with Crippen LogP contribution in [0.5, 0.6) is 0 Å². The van der Waals surface area contributed by atoms with Crippen molar-refractivity contribution in [3.63, 3.8) is 0 Å². The molecule has 0 fully saturated rings. The first-order valence-electron chi connectivity index (χ1n) is 4.27. The van der Waals surface area contributed by atoms with Crippen LogP contribution in [0.15, 0.2) is 18.2 Å². The third-order valence-corrected chi connectivity index (χ3v) is 2.98. The van der Waals surface area contributed by atoms with Crippen molar-refractivity contribution in [3.05, 3.63) is 23.2 Å². The van der Waals surface area contributed by atoms with Crippen LogP contribution in [0.25, 0.3) is 0 Å². The Morgan fingerprint density at radius 3 is 2.67 bits per heavy atom. The summed E-state index contributed by atoms with van der Waals surface area (Å²) in [6, 6.07) is 4.54. The van der Waals surface area contributed by atoms with Gasteiger partial charge in [0.05, 0.1) is 11.4 Å². The van der Waals surface area contributed by atoms with E-state index in [9.17, 15) is 8.42 Å². The van der Waals surface area contributed by atoms with Crippen molar-refractivity contribution in [2.24, 2.45) is 0 Å². The first-order valence-corrected chi connectivity index (χ1v) is 6.13. The van der Waals surface area contributed by atoms with Crippen molar-refractivity contribution in [3.8, 4) is 0 Å². The molecule has 0 atom stereocenters. The molecule has 1 rings (SSSR count). The molecule has 0 saturated carbocycles. The second-order valence-electron chi connectivity index (χ2n) is 2.83. The molecule has 0 aliphatic heterocycles. The molecule has 0 spiro atoms. The lowest BCUT2D eigenvalue weighted by atomic mass is 10.3. The predicted octanol–water partition coefficient (Wildman–Crippen LogP) is 1.19. The van der Waals surface area contributed by atoms with Gasteiger partial charge < -0.3 is 5.73 Å². The Morgan fingerprint density at radius 1 is 1.47 bits per heavy atom. The van der Waals surface area contributed by atoms with E-state index in [1.165, 1.54) is 12.1 Å². The number of nitrogens with two attached hydrogens (primary N) is 1. The Labute approximate surface area is 93.8 Å². The Bertz CT molecular complexity index is 447. The number of benzene rings is 1. The molecule has 0 bridgehead atoms. The molecule has 0 amide bonds. The minimum Gasteiger partial charge on any atom is -0.397 e. The molecule has 0 unspecified atom stereocenters. The van der Waals surface area contributed by atoms with Crippen molar-refractivity contribution >= 4 is 33.2 Å². The highest BCUT2D eigenvalue weighted by molar-refractivity contribution is 7.90. The summed E-state index contributed by atoms with van der Waals surface area (Å²) in [5.74, 6) is 0. The minimum absolute atomic E-state index is 0.281. The van der Waals surface area contributed by atoms with Crippen molar-refractivity contribution in [2.75, 3.05) is 17.0 Å². The maximum absolute atomic E-state index is 11.3. The molecule has 0 heterocycles. The fourth-order valence-corrected chi connectivity index (χ4v) is 2.11. The van der Waals surface area contributed by atoms with Crippen molar-refractivity contribution in [1.82, 2.24) is 4.72 Å². The van der Waals surface area contributed by atoms with E-state index in [0.717, 1.165) is 0 Å². The minimum atomic E-state index is -3.54. The lowest BCUT2D eigenvalue weighted by Gasteiger charge is -2.10. The fraction of sp³-hybridized carbons (Fsp3) is 0.250. The molecule has 5 nitrogen and oxygen atoms in total. The van der Waals surface area contributed by atoms with Gasteiger partial charge in [-0.25, -0.2) is 0 Å². The van der Waals surface area contributed by atoms with Crippen LogP contribution in [-0.2, 0) is 10.2 Å². The lowest BCUT2D eigenvalue weighted by molar-refractivity contribution is 0.589. The summed E-state index contributed by atoms with van der Waals surface area (Å²) in [6.45, 7) is 1.99. The van der Waals surface area contributed by atoms with E-state index in [1.54, 1.807) is 13.0 Å². The zero-order valence-corrected chi connectivity index (χ0v) is 9.69. The molecule has 15 heavy (non-hydrogen) atoms. The van der Waals surface area contributed by atoms with Crippen LogP contribution in [0.1, 0.15) is 6.92 Å². The molecule has 0 radical (unpaired) electrons. The van der Waals surface area contributed by atoms with Gasteiger partial charge >= 0.3 is 0 Å². The van der Waals surface area contributed by atoms with Crippen LogP contribution < -0.4 is 15.2 Å². The van der Waals surface area contributed by atoms with Gasteiger partial charge in [-0.1, -0.05) is 18.5 Å². The number of hydrogen-bond acceptors (Lipinski definition) is 3. The molecule has 0 aliphatic rings. The highest BCUT2D eigenvalue weighted by Crippen LogP contribution is 2.23. The summed E-state index contributed by atoms with van der Waals surface area (Å²) in [6.07, 6.45) is 0. The maximum atomic E-state index is 11.3. The first-order chi connectivity index (χ1) is 6.94. The summed E-state index contributed by atoms with van der Waals surface area (Å²) < 4.78 is 27.2. The Kier molecular flexibility index (Phi) is 3.78. The number of hydrogen-bond donors (Lipinski definition) is 3. The smallest absolute Gasteiger partial charge is 0.299 e. The zero-order valence-electron chi connectivity index (χ0n) is 8.12. The van der Waals surface area contributed by atoms with E-state index < -0.39 is 10.2 Å². The maximum Gasteiger partial charge on any atom is 0.299 e. The number of rotatable bonds is 4. The SMILES string of the molecule is CCNS(=O)(=O)Nc1ccc(Cl)cc1N. The van der Waals surface area contributed by atoms with Gasteiger partial charge in [0.2, 0.25) is 0 Å². The van der Waals surface area contributed by atoms with Gasteiger partial charge in [-0.15, -0.1) is 0 Å². The van der Waals surface area contributed by atoms with Gasteiger partial charge in [0.25, 0.3) is 10.2 Å². The lowest BCUT2D eigenvalue weighted by Crippen LogP contribution is -2.30. The van der Waals surface area contributed by atoms with E-state index in [0.29, 0.717) is 17.3 Å². The molecule has 4 N–H and O–H groups in total. The zero-order chi connectivity index (χ0) is 11.5. The summed E-state index contributed by atoms with van der Waals surface area (Å²) >= 11 is 5.68. The van der Waals surface area contributed by atoms with Crippen molar-refractivity contribution in [2.45, 2.75) is 6.92 Å². The number of halogens is 1. The van der Waals surface area contributed by atoms with E-state index in [-0.39, 0.29) is 5.69 Å². The number of nitrogen functional groups attached to an aromatic ring is 1. The Morgan fingerprint density at radius 2 is 2.13 bits per heavy atom. The molecule has 1 aromatic carbocycles. The highest BCUT2D eigenvalue weighted by atomic mass is 35.5. The van der Waals surface area contributed by atoms with E-state index in [4.69, 9.17) is 17.3 Å². The topological polar surface area (TPSA) is 84.2 Å². The Balaban J connectivity index is 2.90. The quantitative estimate of drug-likeness (QED) is 0.701. The van der Waals surface area contributed by atoms with Crippen molar-refractivity contribution in [1.29, 1.82) is 0 Å². The van der Waals surface area contributed by atoms with Gasteiger partial charge in [0.1, 0.15) is 0 Å². The second kappa shape index (κ2) is 4.69. The first kappa shape index (κ1) is 12.1. The monoisotopic (exact) mass is 249 g/mol. The van der Waals surface area contributed by atoms with E-state index in [1.807, 2.05) is 0 Å². The highest BCUT2D eigenvalue weighted by Gasteiger charge is 2.09. The van der Waals surface area contributed by atoms with Gasteiger partial charge in [0.15, 0.2) is 0 Å². The van der Waals surface area contributed by atoms with Gasteiger partial charge in [0, 0.05) is 11.6 Å². The van der Waals surface area contributed by atoms with Crippen LogP contribution >= 0.6 is 11.6 Å².